The van der Waals surface area contributed by atoms with Crippen molar-refractivity contribution in [1.29, 1.82) is 0 Å². The van der Waals surface area contributed by atoms with E-state index in [0.29, 0.717) is 30.7 Å². The van der Waals surface area contributed by atoms with E-state index in [-0.39, 0.29) is 16.7 Å². The van der Waals surface area contributed by atoms with E-state index in [1.165, 1.54) is 9.13 Å². The van der Waals surface area contributed by atoms with Gasteiger partial charge in [-0.25, -0.2) is 9.78 Å². The molecule has 22 heavy (non-hydrogen) atoms. The van der Waals surface area contributed by atoms with Crippen LogP contribution in [0.5, 0.6) is 0 Å². The summed E-state index contributed by atoms with van der Waals surface area (Å²) in [7, 11) is 3.48. The lowest BCUT2D eigenvalue weighted by Gasteiger charge is -2.17. The third-order valence-corrected chi connectivity index (χ3v) is 3.87. The molecule has 0 saturated heterocycles. The molecule has 0 saturated carbocycles. The van der Waals surface area contributed by atoms with Crippen LogP contribution in [0.3, 0.4) is 0 Å². The van der Waals surface area contributed by atoms with Gasteiger partial charge in [0.25, 0.3) is 5.56 Å². The molecule has 0 unspecified atom stereocenters. The van der Waals surface area contributed by atoms with Crippen LogP contribution < -0.4 is 17.0 Å². The largest absolute Gasteiger partial charge is 0.332 e. The standard InChI is InChI=1S/C15H25N5O2/c1-15(2,3)13-17-11-10(18(13)4)12(21)20(9-7-6-8-16)14(22)19(11)5/h6-9,16H2,1-5H3. The average molecular weight is 307 g/mol. The summed E-state index contributed by atoms with van der Waals surface area (Å²) < 4.78 is 4.54. The summed E-state index contributed by atoms with van der Waals surface area (Å²) in [5.41, 5.74) is 5.58. The van der Waals surface area contributed by atoms with E-state index in [1.807, 2.05) is 27.8 Å². The summed E-state index contributed by atoms with van der Waals surface area (Å²) in [5.74, 6) is 0.786. The molecule has 0 aliphatic carbocycles. The zero-order valence-electron chi connectivity index (χ0n) is 14.0. The van der Waals surface area contributed by atoms with Crippen molar-refractivity contribution in [3.05, 3.63) is 26.7 Å². The smallest absolute Gasteiger partial charge is 0.330 e. The van der Waals surface area contributed by atoms with Gasteiger partial charge in [0.1, 0.15) is 5.82 Å². The minimum atomic E-state index is -0.326. The fraction of sp³-hybridized carbons (Fsp3) is 0.667. The predicted octanol–water partition coefficient (Wildman–Crippen LogP) is 0.470. The number of rotatable bonds is 4. The van der Waals surface area contributed by atoms with Crippen molar-refractivity contribution in [3.63, 3.8) is 0 Å². The van der Waals surface area contributed by atoms with Crippen molar-refractivity contribution < 1.29 is 0 Å². The number of unbranched alkanes of at least 4 members (excludes halogenated alkanes) is 1. The number of nitrogens with zero attached hydrogens (tertiary/aromatic N) is 4. The third-order valence-electron chi connectivity index (χ3n) is 3.87. The van der Waals surface area contributed by atoms with Gasteiger partial charge in [0.05, 0.1) is 0 Å². The Morgan fingerprint density at radius 1 is 1.09 bits per heavy atom. The molecule has 0 aromatic carbocycles. The molecule has 7 heteroatoms. The Morgan fingerprint density at radius 2 is 1.73 bits per heavy atom. The highest BCUT2D eigenvalue weighted by molar-refractivity contribution is 5.71. The van der Waals surface area contributed by atoms with Crippen molar-refractivity contribution in [2.75, 3.05) is 6.54 Å². The SMILES string of the molecule is Cn1c(C(C)(C)C)nc2c1c(=O)n(CCCCN)c(=O)n2C. The Labute approximate surface area is 129 Å². The maximum Gasteiger partial charge on any atom is 0.332 e. The average Bonchev–Trinajstić information content (AvgIpc) is 2.78. The first-order valence-electron chi connectivity index (χ1n) is 7.57. The van der Waals surface area contributed by atoms with Gasteiger partial charge in [-0.2, -0.15) is 0 Å². The molecule has 0 radical (unpaired) electrons. The zero-order valence-corrected chi connectivity index (χ0v) is 14.0. The normalized spacial score (nSPS) is 12.3. The third kappa shape index (κ3) is 2.61. The summed E-state index contributed by atoms with van der Waals surface area (Å²) >= 11 is 0. The van der Waals surface area contributed by atoms with Crippen LogP contribution in [0, 0.1) is 0 Å². The van der Waals surface area contributed by atoms with Crippen LogP contribution in [0.25, 0.3) is 11.2 Å². The molecule has 0 amide bonds. The number of aryl methyl sites for hydroxylation is 2. The monoisotopic (exact) mass is 307 g/mol. The first kappa shape index (κ1) is 16.5. The second-order valence-electron chi connectivity index (χ2n) is 6.71. The molecule has 2 aromatic heterocycles. The lowest BCUT2D eigenvalue weighted by Crippen LogP contribution is -2.39. The van der Waals surface area contributed by atoms with Gasteiger partial charge in [-0.3, -0.25) is 13.9 Å². The highest BCUT2D eigenvalue weighted by Crippen LogP contribution is 2.23. The maximum atomic E-state index is 12.7. The lowest BCUT2D eigenvalue weighted by atomic mass is 9.96. The lowest BCUT2D eigenvalue weighted by molar-refractivity contribution is 0.525. The van der Waals surface area contributed by atoms with Crippen LogP contribution in [0.1, 0.15) is 39.4 Å². The highest BCUT2D eigenvalue weighted by atomic mass is 16.2. The van der Waals surface area contributed by atoms with Gasteiger partial charge < -0.3 is 10.3 Å². The number of fused-ring (bicyclic) bond motifs is 1. The number of imidazole rings is 1. The second-order valence-corrected chi connectivity index (χ2v) is 6.71. The van der Waals surface area contributed by atoms with E-state index in [2.05, 4.69) is 4.98 Å². The first-order chi connectivity index (χ1) is 10.2. The molecule has 2 heterocycles. The Kier molecular flexibility index (Phi) is 4.28. The highest BCUT2D eigenvalue weighted by Gasteiger charge is 2.25. The molecule has 0 fully saturated rings. The van der Waals surface area contributed by atoms with E-state index < -0.39 is 0 Å². The topological polar surface area (TPSA) is 87.8 Å². The van der Waals surface area contributed by atoms with Gasteiger partial charge in [-0.15, -0.1) is 0 Å². The van der Waals surface area contributed by atoms with Crippen molar-refractivity contribution in [2.24, 2.45) is 19.8 Å². The summed E-state index contributed by atoms with van der Waals surface area (Å²) in [4.78, 5) is 29.7. The van der Waals surface area contributed by atoms with Crippen LogP contribution >= 0.6 is 0 Å². The van der Waals surface area contributed by atoms with Crippen LogP contribution in [0.15, 0.2) is 9.59 Å². The maximum absolute atomic E-state index is 12.7. The molecular weight excluding hydrogens is 282 g/mol. The van der Waals surface area contributed by atoms with Crippen molar-refractivity contribution in [2.45, 2.75) is 45.6 Å². The molecule has 2 aromatic rings. The molecule has 0 aliphatic rings. The number of aromatic nitrogens is 4. The molecule has 0 spiro atoms. The molecule has 2 N–H and O–H groups in total. The fourth-order valence-electron chi connectivity index (χ4n) is 2.73. The number of nitrogens with two attached hydrogens (primary N) is 1. The van der Waals surface area contributed by atoms with Crippen LogP contribution in [-0.4, -0.2) is 25.2 Å². The Hall–Kier alpha value is -1.89. The van der Waals surface area contributed by atoms with Crippen molar-refractivity contribution in [1.82, 2.24) is 18.7 Å². The molecule has 122 valence electrons. The molecule has 2 rings (SSSR count). The van der Waals surface area contributed by atoms with E-state index >= 15 is 0 Å². The van der Waals surface area contributed by atoms with Crippen molar-refractivity contribution >= 4 is 11.2 Å². The predicted molar refractivity (Wildman–Crippen MR) is 87.2 cm³/mol. The Morgan fingerprint density at radius 3 is 2.27 bits per heavy atom. The van der Waals surface area contributed by atoms with Gasteiger partial charge in [-0.1, -0.05) is 20.8 Å². The summed E-state index contributed by atoms with van der Waals surface area (Å²) in [5, 5.41) is 0. The molecular formula is C15H25N5O2. The van der Waals surface area contributed by atoms with E-state index in [9.17, 15) is 9.59 Å². The zero-order chi connectivity index (χ0) is 16.7. The van der Waals surface area contributed by atoms with Crippen molar-refractivity contribution in [3.8, 4) is 0 Å². The minimum Gasteiger partial charge on any atom is -0.330 e. The Balaban J connectivity index is 2.74. The molecule has 0 aliphatic heterocycles. The van der Waals surface area contributed by atoms with Gasteiger partial charge in [0, 0.05) is 26.1 Å². The van der Waals surface area contributed by atoms with Crippen LogP contribution in [-0.2, 0) is 26.1 Å². The van der Waals surface area contributed by atoms with Gasteiger partial charge in [0.2, 0.25) is 0 Å². The number of hydrogen-bond acceptors (Lipinski definition) is 4. The van der Waals surface area contributed by atoms with Crippen LogP contribution in [0.2, 0.25) is 0 Å². The van der Waals surface area contributed by atoms with Crippen LogP contribution in [0.4, 0.5) is 0 Å². The summed E-state index contributed by atoms with van der Waals surface area (Å²) in [6.07, 6.45) is 1.49. The molecule has 0 atom stereocenters. The van der Waals surface area contributed by atoms with Gasteiger partial charge in [0.15, 0.2) is 11.2 Å². The van der Waals surface area contributed by atoms with E-state index in [1.54, 1.807) is 11.6 Å². The quantitative estimate of drug-likeness (QED) is 0.832. The summed E-state index contributed by atoms with van der Waals surface area (Å²) in [6.45, 7) is 7.04. The second kappa shape index (κ2) is 5.72. The fourth-order valence-corrected chi connectivity index (χ4v) is 2.73. The van der Waals surface area contributed by atoms with E-state index in [4.69, 9.17) is 5.73 Å². The number of hydrogen-bond donors (Lipinski definition) is 1. The minimum absolute atomic E-state index is 0.208. The molecule has 0 bridgehead atoms. The molecule has 7 nitrogen and oxygen atoms in total. The van der Waals surface area contributed by atoms with Gasteiger partial charge in [-0.05, 0) is 19.4 Å². The first-order valence-corrected chi connectivity index (χ1v) is 7.57. The summed E-state index contributed by atoms with van der Waals surface area (Å²) in [6, 6.07) is 0. The van der Waals surface area contributed by atoms with E-state index in [0.717, 1.165) is 12.2 Å². The van der Waals surface area contributed by atoms with Gasteiger partial charge >= 0.3 is 5.69 Å². The Bertz CT molecular complexity index is 804.